The molecule has 0 spiro atoms. The number of nitroso groups, excluding NO2 is 1. The molecule has 2 aromatic carbocycles. The summed E-state index contributed by atoms with van der Waals surface area (Å²) in [6, 6.07) is 11.7. The van der Waals surface area contributed by atoms with Gasteiger partial charge in [0.2, 0.25) is 0 Å². The Balaban J connectivity index is 2.27. The number of hydrogen-bond donors (Lipinski definition) is 2. The van der Waals surface area contributed by atoms with E-state index in [1.807, 2.05) is 0 Å². The van der Waals surface area contributed by atoms with Crippen LogP contribution in [0.15, 0.2) is 47.6 Å². The molecule has 0 saturated heterocycles. The van der Waals surface area contributed by atoms with Crippen LogP contribution in [0.25, 0.3) is 0 Å². The summed E-state index contributed by atoms with van der Waals surface area (Å²) < 4.78 is 4.89. The second-order valence-corrected chi connectivity index (χ2v) is 4.53. The molecule has 2 N–H and O–H groups in total. The molecule has 0 bridgehead atoms. The van der Waals surface area contributed by atoms with E-state index in [1.54, 1.807) is 43.3 Å². The highest BCUT2D eigenvalue weighted by Crippen LogP contribution is 2.29. The zero-order valence-corrected chi connectivity index (χ0v) is 12.1. The SMILES string of the molecule is CCOC(=O)c1ccc(Nc2cccc(CO)c2)c(N=O)c1. The molecule has 114 valence electrons. The molecule has 0 fully saturated rings. The second-order valence-electron chi connectivity index (χ2n) is 4.53. The molecule has 0 aliphatic rings. The molecular formula is C16H16N2O4. The molecule has 0 heterocycles. The highest BCUT2D eigenvalue weighted by molar-refractivity contribution is 5.92. The Bertz CT molecular complexity index is 686. The van der Waals surface area contributed by atoms with E-state index in [-0.39, 0.29) is 24.5 Å². The van der Waals surface area contributed by atoms with Crippen LogP contribution in [0, 0.1) is 4.91 Å². The van der Waals surface area contributed by atoms with Gasteiger partial charge < -0.3 is 15.2 Å². The van der Waals surface area contributed by atoms with Crippen molar-refractivity contribution >= 4 is 23.0 Å². The number of anilines is 2. The number of aliphatic hydroxyl groups is 1. The van der Waals surface area contributed by atoms with E-state index in [4.69, 9.17) is 9.84 Å². The van der Waals surface area contributed by atoms with E-state index in [1.165, 1.54) is 6.07 Å². The predicted octanol–water partition coefficient (Wildman–Crippen LogP) is 3.50. The van der Waals surface area contributed by atoms with Gasteiger partial charge in [-0.3, -0.25) is 0 Å². The maximum absolute atomic E-state index is 11.7. The summed E-state index contributed by atoms with van der Waals surface area (Å²) in [6.45, 7) is 1.90. The Morgan fingerprint density at radius 1 is 1.27 bits per heavy atom. The number of benzene rings is 2. The Labute approximate surface area is 127 Å². The quantitative estimate of drug-likeness (QED) is 0.629. The van der Waals surface area contributed by atoms with Gasteiger partial charge in [-0.2, -0.15) is 0 Å². The van der Waals surface area contributed by atoms with Gasteiger partial charge in [-0.15, -0.1) is 4.91 Å². The summed E-state index contributed by atoms with van der Waals surface area (Å²) in [5, 5.41) is 15.1. The van der Waals surface area contributed by atoms with Gasteiger partial charge in [-0.25, -0.2) is 4.79 Å². The zero-order chi connectivity index (χ0) is 15.9. The molecular weight excluding hydrogens is 284 g/mol. The van der Waals surface area contributed by atoms with Crippen LogP contribution in [0.5, 0.6) is 0 Å². The summed E-state index contributed by atoms with van der Waals surface area (Å²) in [4.78, 5) is 22.6. The molecule has 6 heteroatoms. The van der Waals surface area contributed by atoms with Crippen LogP contribution >= 0.6 is 0 Å². The lowest BCUT2D eigenvalue weighted by Gasteiger charge is -2.10. The van der Waals surface area contributed by atoms with Gasteiger partial charge in [0.25, 0.3) is 0 Å². The molecule has 2 rings (SSSR count). The summed E-state index contributed by atoms with van der Waals surface area (Å²) in [7, 11) is 0. The van der Waals surface area contributed by atoms with Crippen molar-refractivity contribution in [3.8, 4) is 0 Å². The molecule has 0 aliphatic carbocycles. The van der Waals surface area contributed by atoms with Crippen molar-refractivity contribution in [2.45, 2.75) is 13.5 Å². The van der Waals surface area contributed by atoms with Gasteiger partial charge in [-0.05, 0) is 48.0 Å². The van der Waals surface area contributed by atoms with Crippen LogP contribution in [-0.2, 0) is 11.3 Å². The van der Waals surface area contributed by atoms with E-state index >= 15 is 0 Å². The molecule has 0 aromatic heterocycles. The molecule has 0 amide bonds. The van der Waals surface area contributed by atoms with Crippen molar-refractivity contribution in [1.29, 1.82) is 0 Å². The average molecular weight is 300 g/mol. The van der Waals surface area contributed by atoms with Gasteiger partial charge in [0.15, 0.2) is 0 Å². The third-order valence-electron chi connectivity index (χ3n) is 3.00. The smallest absolute Gasteiger partial charge is 0.338 e. The van der Waals surface area contributed by atoms with Crippen molar-refractivity contribution in [3.63, 3.8) is 0 Å². The number of hydrogen-bond acceptors (Lipinski definition) is 6. The molecule has 2 aromatic rings. The van der Waals surface area contributed by atoms with Crippen LogP contribution in [0.4, 0.5) is 17.1 Å². The Morgan fingerprint density at radius 3 is 2.77 bits per heavy atom. The first-order chi connectivity index (χ1) is 10.7. The minimum Gasteiger partial charge on any atom is -0.462 e. The lowest BCUT2D eigenvalue weighted by Crippen LogP contribution is -2.04. The van der Waals surface area contributed by atoms with E-state index in [9.17, 15) is 9.70 Å². The van der Waals surface area contributed by atoms with Gasteiger partial charge in [0, 0.05) is 5.69 Å². The standard InChI is InChI=1S/C16H16N2O4/c1-2-22-16(20)12-6-7-14(15(9-12)18-21)17-13-5-3-4-11(8-13)10-19/h3-9,17,19H,2,10H2,1H3. The topological polar surface area (TPSA) is 88.0 Å². The minimum atomic E-state index is -0.499. The maximum Gasteiger partial charge on any atom is 0.338 e. The van der Waals surface area contributed by atoms with Crippen molar-refractivity contribution in [2.24, 2.45) is 5.18 Å². The number of aliphatic hydroxyl groups excluding tert-OH is 1. The van der Waals surface area contributed by atoms with Crippen molar-refractivity contribution < 1.29 is 14.6 Å². The summed E-state index contributed by atoms with van der Waals surface area (Å²) >= 11 is 0. The zero-order valence-electron chi connectivity index (χ0n) is 12.1. The highest BCUT2D eigenvalue weighted by Gasteiger charge is 2.11. The highest BCUT2D eigenvalue weighted by atomic mass is 16.5. The molecule has 22 heavy (non-hydrogen) atoms. The molecule has 0 radical (unpaired) electrons. The van der Waals surface area contributed by atoms with Gasteiger partial charge in [0.1, 0.15) is 5.69 Å². The normalized spacial score (nSPS) is 10.1. The van der Waals surface area contributed by atoms with Crippen LogP contribution < -0.4 is 5.32 Å². The van der Waals surface area contributed by atoms with E-state index < -0.39 is 5.97 Å². The van der Waals surface area contributed by atoms with Crippen molar-refractivity contribution in [3.05, 3.63) is 58.5 Å². The fourth-order valence-electron chi connectivity index (χ4n) is 1.96. The molecule has 0 saturated carbocycles. The number of rotatable bonds is 6. The number of nitrogens with one attached hydrogen (secondary N) is 1. The summed E-state index contributed by atoms with van der Waals surface area (Å²) in [5.41, 5.74) is 2.30. The van der Waals surface area contributed by atoms with Crippen molar-refractivity contribution in [2.75, 3.05) is 11.9 Å². The van der Waals surface area contributed by atoms with E-state index in [0.717, 1.165) is 5.56 Å². The molecule has 0 unspecified atom stereocenters. The van der Waals surface area contributed by atoms with Gasteiger partial charge in [0.05, 0.1) is 24.5 Å². The van der Waals surface area contributed by atoms with Crippen LogP contribution in [0.3, 0.4) is 0 Å². The first-order valence-electron chi connectivity index (χ1n) is 6.79. The largest absolute Gasteiger partial charge is 0.462 e. The van der Waals surface area contributed by atoms with Gasteiger partial charge in [-0.1, -0.05) is 12.1 Å². The maximum atomic E-state index is 11.7. The molecule has 0 aliphatic heterocycles. The first-order valence-corrected chi connectivity index (χ1v) is 6.79. The number of ether oxygens (including phenoxy) is 1. The Hall–Kier alpha value is -2.73. The lowest BCUT2D eigenvalue weighted by molar-refractivity contribution is 0.0526. The lowest BCUT2D eigenvalue weighted by atomic mass is 10.1. The van der Waals surface area contributed by atoms with Gasteiger partial charge >= 0.3 is 5.97 Å². The average Bonchev–Trinajstić information content (AvgIpc) is 2.55. The van der Waals surface area contributed by atoms with E-state index in [2.05, 4.69) is 10.5 Å². The number of esters is 1. The summed E-state index contributed by atoms with van der Waals surface area (Å²) in [5.74, 6) is -0.499. The van der Waals surface area contributed by atoms with E-state index in [0.29, 0.717) is 11.4 Å². The minimum absolute atomic E-state index is 0.0733. The number of carbonyl (C=O) groups excluding carboxylic acids is 1. The third kappa shape index (κ3) is 3.67. The third-order valence-corrected chi connectivity index (χ3v) is 3.00. The Morgan fingerprint density at radius 2 is 2.09 bits per heavy atom. The predicted molar refractivity (Wildman–Crippen MR) is 83.5 cm³/mol. The number of carbonyl (C=O) groups is 1. The molecule has 0 atom stereocenters. The summed E-state index contributed by atoms with van der Waals surface area (Å²) in [6.07, 6.45) is 0. The molecule has 6 nitrogen and oxygen atoms in total. The second kappa shape index (κ2) is 7.33. The first kappa shape index (κ1) is 15.7. The van der Waals surface area contributed by atoms with Crippen LogP contribution in [0.2, 0.25) is 0 Å². The van der Waals surface area contributed by atoms with Crippen LogP contribution in [-0.4, -0.2) is 17.7 Å². The monoisotopic (exact) mass is 300 g/mol. The Kier molecular flexibility index (Phi) is 5.21. The fraction of sp³-hybridized carbons (Fsp3) is 0.188. The van der Waals surface area contributed by atoms with Crippen LogP contribution in [0.1, 0.15) is 22.8 Å². The fourth-order valence-corrected chi connectivity index (χ4v) is 1.96. The number of nitrogens with zero attached hydrogens (tertiary/aromatic N) is 1. The van der Waals surface area contributed by atoms with Crippen molar-refractivity contribution in [1.82, 2.24) is 0 Å².